The first-order valence-electron chi connectivity index (χ1n) is 8.49. The van der Waals surface area contributed by atoms with Crippen LogP contribution in [-0.2, 0) is 9.47 Å². The van der Waals surface area contributed by atoms with Crippen LogP contribution in [0, 0.1) is 5.92 Å². The number of phenolic OH excluding ortho intramolecular Hbond substituents is 1. The van der Waals surface area contributed by atoms with E-state index in [-0.39, 0.29) is 17.8 Å². The van der Waals surface area contributed by atoms with Crippen molar-refractivity contribution in [3.8, 4) is 5.75 Å². The summed E-state index contributed by atoms with van der Waals surface area (Å²) >= 11 is 6.30. The molecule has 1 aliphatic rings. The van der Waals surface area contributed by atoms with Crippen LogP contribution < -0.4 is 0 Å². The normalized spacial score (nSPS) is 23.2. The first-order chi connectivity index (χ1) is 12.1. The third-order valence-corrected chi connectivity index (χ3v) is 4.74. The molecule has 2 aromatic rings. The van der Waals surface area contributed by atoms with Crippen molar-refractivity contribution >= 4 is 11.6 Å². The molecule has 2 aromatic carbocycles. The molecular formula is C21H23ClO3. The SMILES string of the molecule is CC(C)=CC[C@@H]1CO[C@H](c2ccccc2Cl)O[C@@H]1c1ccccc1O. The highest BCUT2D eigenvalue weighted by Gasteiger charge is 2.35. The topological polar surface area (TPSA) is 38.7 Å². The van der Waals surface area contributed by atoms with E-state index in [9.17, 15) is 5.11 Å². The average molecular weight is 359 g/mol. The molecule has 1 aliphatic heterocycles. The molecule has 1 heterocycles. The van der Waals surface area contributed by atoms with Crippen LogP contribution in [-0.4, -0.2) is 11.7 Å². The highest BCUT2D eigenvalue weighted by atomic mass is 35.5. The molecule has 4 heteroatoms. The van der Waals surface area contributed by atoms with Crippen LogP contribution in [0.5, 0.6) is 5.75 Å². The van der Waals surface area contributed by atoms with Crippen molar-refractivity contribution in [3.05, 3.63) is 76.3 Å². The smallest absolute Gasteiger partial charge is 0.186 e. The lowest BCUT2D eigenvalue weighted by atomic mass is 9.91. The number of para-hydroxylation sites is 1. The van der Waals surface area contributed by atoms with Crippen molar-refractivity contribution in [2.24, 2.45) is 5.92 Å². The van der Waals surface area contributed by atoms with Crippen molar-refractivity contribution in [2.75, 3.05) is 6.61 Å². The minimum Gasteiger partial charge on any atom is -0.508 e. The minimum atomic E-state index is -0.541. The van der Waals surface area contributed by atoms with Crippen molar-refractivity contribution in [3.63, 3.8) is 0 Å². The molecule has 3 atom stereocenters. The lowest BCUT2D eigenvalue weighted by molar-refractivity contribution is -0.244. The molecule has 0 spiro atoms. The second kappa shape index (κ2) is 8.05. The van der Waals surface area contributed by atoms with Gasteiger partial charge in [-0.25, -0.2) is 0 Å². The Morgan fingerprint density at radius 2 is 1.80 bits per heavy atom. The number of rotatable bonds is 4. The van der Waals surface area contributed by atoms with Gasteiger partial charge in [0.1, 0.15) is 5.75 Å². The van der Waals surface area contributed by atoms with E-state index in [0.29, 0.717) is 11.6 Å². The average Bonchev–Trinajstić information content (AvgIpc) is 2.61. The molecule has 0 saturated carbocycles. The molecule has 1 fully saturated rings. The fourth-order valence-electron chi connectivity index (χ4n) is 3.05. The summed E-state index contributed by atoms with van der Waals surface area (Å²) in [5.41, 5.74) is 2.85. The first-order valence-corrected chi connectivity index (χ1v) is 8.87. The summed E-state index contributed by atoms with van der Waals surface area (Å²) in [5.74, 6) is 0.372. The van der Waals surface area contributed by atoms with Crippen molar-refractivity contribution in [2.45, 2.75) is 32.7 Å². The number of hydrogen-bond donors (Lipinski definition) is 1. The Kier molecular flexibility index (Phi) is 5.79. The number of ether oxygens (including phenoxy) is 2. The van der Waals surface area contributed by atoms with Gasteiger partial charge in [0.25, 0.3) is 0 Å². The van der Waals surface area contributed by atoms with Crippen LogP contribution in [0.2, 0.25) is 5.02 Å². The zero-order valence-electron chi connectivity index (χ0n) is 14.5. The third-order valence-electron chi connectivity index (χ3n) is 4.39. The largest absolute Gasteiger partial charge is 0.508 e. The van der Waals surface area contributed by atoms with E-state index in [1.807, 2.05) is 42.5 Å². The predicted octanol–water partition coefficient (Wildman–Crippen LogP) is 5.80. The van der Waals surface area contributed by atoms with Crippen LogP contribution in [0.4, 0.5) is 0 Å². The molecular weight excluding hydrogens is 336 g/mol. The van der Waals surface area contributed by atoms with Crippen LogP contribution in [0.1, 0.15) is 43.8 Å². The zero-order chi connectivity index (χ0) is 17.8. The number of halogens is 1. The number of aromatic hydroxyl groups is 1. The van der Waals surface area contributed by atoms with Gasteiger partial charge >= 0.3 is 0 Å². The Labute approximate surface area is 153 Å². The number of phenols is 1. The lowest BCUT2D eigenvalue weighted by Crippen LogP contribution is -2.30. The van der Waals surface area contributed by atoms with Gasteiger partial charge in [0, 0.05) is 22.1 Å². The van der Waals surface area contributed by atoms with Gasteiger partial charge in [-0.05, 0) is 32.4 Å². The summed E-state index contributed by atoms with van der Waals surface area (Å²) in [6.07, 6.45) is 2.21. The monoisotopic (exact) mass is 358 g/mol. The van der Waals surface area contributed by atoms with Gasteiger partial charge in [-0.1, -0.05) is 59.6 Å². The second-order valence-corrected chi connectivity index (χ2v) is 6.99. The lowest BCUT2D eigenvalue weighted by Gasteiger charge is -2.37. The van der Waals surface area contributed by atoms with Crippen LogP contribution in [0.3, 0.4) is 0 Å². The molecule has 0 aliphatic carbocycles. The van der Waals surface area contributed by atoms with E-state index in [0.717, 1.165) is 17.5 Å². The molecule has 0 aromatic heterocycles. The summed E-state index contributed by atoms with van der Waals surface area (Å²) in [4.78, 5) is 0. The fourth-order valence-corrected chi connectivity index (χ4v) is 3.27. The van der Waals surface area contributed by atoms with Crippen LogP contribution >= 0.6 is 11.6 Å². The maximum Gasteiger partial charge on any atom is 0.186 e. The quantitative estimate of drug-likeness (QED) is 0.701. The predicted molar refractivity (Wildman–Crippen MR) is 99.6 cm³/mol. The summed E-state index contributed by atoms with van der Waals surface area (Å²) in [5, 5.41) is 10.9. The maximum atomic E-state index is 10.3. The molecule has 0 bridgehead atoms. The summed E-state index contributed by atoms with van der Waals surface area (Å²) in [6.45, 7) is 4.69. The fraction of sp³-hybridized carbons (Fsp3) is 0.333. The van der Waals surface area contributed by atoms with Gasteiger partial charge < -0.3 is 14.6 Å². The number of hydrogen-bond acceptors (Lipinski definition) is 3. The Hall–Kier alpha value is -1.81. The number of allylic oxidation sites excluding steroid dienone is 2. The molecule has 3 nitrogen and oxygen atoms in total. The van der Waals surface area contributed by atoms with Gasteiger partial charge in [-0.3, -0.25) is 0 Å². The van der Waals surface area contributed by atoms with E-state index in [2.05, 4.69) is 19.9 Å². The Balaban J connectivity index is 1.90. The molecule has 132 valence electrons. The van der Waals surface area contributed by atoms with Gasteiger partial charge in [-0.2, -0.15) is 0 Å². The van der Waals surface area contributed by atoms with E-state index >= 15 is 0 Å². The summed E-state index contributed by atoms with van der Waals surface area (Å²) in [7, 11) is 0. The number of benzene rings is 2. The van der Waals surface area contributed by atoms with Gasteiger partial charge in [0.2, 0.25) is 0 Å². The van der Waals surface area contributed by atoms with Crippen molar-refractivity contribution in [1.29, 1.82) is 0 Å². The van der Waals surface area contributed by atoms with Gasteiger partial charge in [0.05, 0.1) is 12.7 Å². The molecule has 3 rings (SSSR count). The first kappa shape index (κ1) is 18.0. The highest BCUT2D eigenvalue weighted by molar-refractivity contribution is 6.31. The highest BCUT2D eigenvalue weighted by Crippen LogP contribution is 2.43. The zero-order valence-corrected chi connectivity index (χ0v) is 15.2. The minimum absolute atomic E-state index is 0.127. The standard InChI is InChI=1S/C21H23ClO3/c1-14(2)11-12-15-13-24-21(16-7-3-5-9-18(16)22)25-20(15)17-8-4-6-10-19(17)23/h3-11,15,20-21,23H,12-13H2,1-2H3/t15-,20+,21+/m1/s1. The van der Waals surface area contributed by atoms with E-state index in [1.54, 1.807) is 6.07 Å². The summed E-state index contributed by atoms with van der Waals surface area (Å²) in [6, 6.07) is 14.9. The molecule has 1 N–H and O–H groups in total. The van der Waals surface area contributed by atoms with Crippen LogP contribution in [0.25, 0.3) is 0 Å². The summed E-state index contributed by atoms with van der Waals surface area (Å²) < 4.78 is 12.2. The van der Waals surface area contributed by atoms with Gasteiger partial charge in [-0.15, -0.1) is 0 Å². The maximum absolute atomic E-state index is 10.3. The second-order valence-electron chi connectivity index (χ2n) is 6.58. The molecule has 1 saturated heterocycles. The molecule has 0 amide bonds. The Bertz CT molecular complexity index is 752. The third kappa shape index (κ3) is 4.24. The van der Waals surface area contributed by atoms with E-state index in [1.165, 1.54) is 5.57 Å². The van der Waals surface area contributed by atoms with E-state index in [4.69, 9.17) is 21.1 Å². The molecule has 0 unspecified atom stereocenters. The van der Waals surface area contributed by atoms with E-state index < -0.39 is 6.29 Å². The van der Waals surface area contributed by atoms with Crippen molar-refractivity contribution < 1.29 is 14.6 Å². The van der Waals surface area contributed by atoms with Gasteiger partial charge in [0.15, 0.2) is 6.29 Å². The molecule has 0 radical (unpaired) electrons. The molecule has 25 heavy (non-hydrogen) atoms. The Morgan fingerprint density at radius 3 is 2.48 bits per heavy atom. The van der Waals surface area contributed by atoms with Crippen LogP contribution in [0.15, 0.2) is 60.2 Å². The van der Waals surface area contributed by atoms with Crippen molar-refractivity contribution in [1.82, 2.24) is 0 Å². The Morgan fingerprint density at radius 1 is 1.12 bits per heavy atom.